The van der Waals surface area contributed by atoms with Gasteiger partial charge in [-0.1, -0.05) is 29.5 Å². The largest absolute Gasteiger partial charge is 0.354 e. The van der Waals surface area contributed by atoms with Gasteiger partial charge in [0.1, 0.15) is 0 Å². The molecule has 29 heavy (non-hydrogen) atoms. The van der Waals surface area contributed by atoms with Crippen LogP contribution in [0.3, 0.4) is 0 Å². The molecule has 1 fully saturated rings. The van der Waals surface area contributed by atoms with E-state index in [1.807, 2.05) is 22.6 Å². The lowest BCUT2D eigenvalue weighted by molar-refractivity contribution is -0.197. The lowest BCUT2D eigenvalue weighted by atomic mass is 10.2. The number of nitrogens with zero attached hydrogens (tertiary/aromatic N) is 2. The van der Waals surface area contributed by atoms with Crippen LogP contribution in [0.2, 0.25) is 0 Å². The number of halogens is 1. The Balaban J connectivity index is 2.51. The molecular formula is C17H25IN4O7. The van der Waals surface area contributed by atoms with Gasteiger partial charge in [0.05, 0.1) is 10.8 Å². The summed E-state index contributed by atoms with van der Waals surface area (Å²) in [5.74, 6) is -2.74. The molecule has 0 aromatic heterocycles. The molecule has 12 heteroatoms. The monoisotopic (exact) mass is 524 g/mol. The predicted octanol–water partition coefficient (Wildman–Crippen LogP) is -0.720. The van der Waals surface area contributed by atoms with Crippen LogP contribution >= 0.6 is 22.6 Å². The molecule has 1 rings (SSSR count). The van der Waals surface area contributed by atoms with Gasteiger partial charge in [0.15, 0.2) is 0 Å². The summed E-state index contributed by atoms with van der Waals surface area (Å²) >= 11 is 1.92. The number of nitrogens with one attached hydrogen (secondary N) is 2. The summed E-state index contributed by atoms with van der Waals surface area (Å²) in [6, 6.07) is 0. The highest BCUT2D eigenvalue weighted by Crippen LogP contribution is 2.13. The van der Waals surface area contributed by atoms with Crippen molar-refractivity contribution in [3.8, 4) is 0 Å². The molecular weight excluding hydrogens is 499 g/mol. The number of hydroxylamine groups is 2. The first-order chi connectivity index (χ1) is 13.8. The quantitative estimate of drug-likeness (QED) is 0.195. The SMILES string of the molecule is CCC(=O)NCCN(CCNC(=O)CI)C(=O)CCC(=O)ON1C(=O)CCC1=O. The van der Waals surface area contributed by atoms with E-state index in [0.717, 1.165) is 0 Å². The van der Waals surface area contributed by atoms with Crippen LogP contribution in [0.25, 0.3) is 0 Å². The van der Waals surface area contributed by atoms with Crippen LogP contribution in [0.1, 0.15) is 39.0 Å². The van der Waals surface area contributed by atoms with Gasteiger partial charge in [-0.15, -0.1) is 5.06 Å². The van der Waals surface area contributed by atoms with Crippen LogP contribution in [-0.2, 0) is 33.6 Å². The van der Waals surface area contributed by atoms with E-state index >= 15 is 0 Å². The second kappa shape index (κ2) is 13.1. The lowest BCUT2D eigenvalue weighted by Crippen LogP contribution is -2.43. The minimum absolute atomic E-state index is 0.00869. The van der Waals surface area contributed by atoms with Crippen molar-refractivity contribution in [3.05, 3.63) is 0 Å². The number of rotatable bonds is 12. The van der Waals surface area contributed by atoms with Crippen LogP contribution < -0.4 is 10.6 Å². The van der Waals surface area contributed by atoms with E-state index in [2.05, 4.69) is 10.6 Å². The Morgan fingerprint density at radius 3 is 2.07 bits per heavy atom. The fraction of sp³-hybridized carbons (Fsp3) is 0.647. The van der Waals surface area contributed by atoms with Gasteiger partial charge in [-0.25, -0.2) is 4.79 Å². The Morgan fingerprint density at radius 1 is 1.00 bits per heavy atom. The van der Waals surface area contributed by atoms with Crippen LogP contribution in [0.4, 0.5) is 0 Å². The first-order valence-corrected chi connectivity index (χ1v) is 10.7. The van der Waals surface area contributed by atoms with E-state index in [9.17, 15) is 28.8 Å². The van der Waals surface area contributed by atoms with Gasteiger partial charge in [-0.2, -0.15) is 0 Å². The molecule has 0 spiro atoms. The van der Waals surface area contributed by atoms with Crippen molar-refractivity contribution >= 4 is 58.1 Å². The Labute approximate surface area is 181 Å². The number of hydrogen-bond acceptors (Lipinski definition) is 7. The van der Waals surface area contributed by atoms with Crippen molar-refractivity contribution < 1.29 is 33.6 Å². The Morgan fingerprint density at radius 2 is 1.55 bits per heavy atom. The van der Waals surface area contributed by atoms with Crippen molar-refractivity contribution in [1.29, 1.82) is 0 Å². The highest BCUT2D eigenvalue weighted by molar-refractivity contribution is 14.1. The Hall–Kier alpha value is -2.25. The molecule has 0 aromatic carbocycles. The van der Waals surface area contributed by atoms with Gasteiger partial charge >= 0.3 is 5.97 Å². The number of hydrogen-bond donors (Lipinski definition) is 2. The maximum absolute atomic E-state index is 12.4. The molecule has 2 N–H and O–H groups in total. The first kappa shape index (κ1) is 24.8. The summed E-state index contributed by atoms with van der Waals surface area (Å²) < 4.78 is 0.290. The zero-order valence-corrected chi connectivity index (χ0v) is 18.4. The van der Waals surface area contributed by atoms with Gasteiger partial charge in [0.2, 0.25) is 17.7 Å². The molecule has 0 aromatic rings. The minimum atomic E-state index is -0.862. The van der Waals surface area contributed by atoms with Crippen LogP contribution in [0.5, 0.6) is 0 Å². The molecule has 11 nitrogen and oxygen atoms in total. The smallest absolute Gasteiger partial charge is 0.333 e. The van der Waals surface area contributed by atoms with Crippen LogP contribution in [0.15, 0.2) is 0 Å². The second-order valence-corrected chi connectivity index (χ2v) is 6.88. The maximum Gasteiger partial charge on any atom is 0.333 e. The van der Waals surface area contributed by atoms with Crippen molar-refractivity contribution in [2.24, 2.45) is 0 Å². The summed E-state index contributed by atoms with van der Waals surface area (Å²) in [4.78, 5) is 76.0. The van der Waals surface area contributed by atoms with Crippen LogP contribution in [0, 0.1) is 0 Å². The van der Waals surface area contributed by atoms with Gasteiger partial charge in [-0.3, -0.25) is 24.0 Å². The van der Waals surface area contributed by atoms with E-state index in [1.165, 1.54) is 4.90 Å². The molecule has 1 heterocycles. The third-order valence-electron chi connectivity index (χ3n) is 3.94. The Kier molecular flexibility index (Phi) is 11.2. The van der Waals surface area contributed by atoms with Crippen molar-refractivity contribution in [2.75, 3.05) is 30.6 Å². The predicted molar refractivity (Wildman–Crippen MR) is 108 cm³/mol. The summed E-state index contributed by atoms with van der Waals surface area (Å²) in [6.07, 6.45) is -0.208. The van der Waals surface area contributed by atoms with Crippen molar-refractivity contribution in [1.82, 2.24) is 20.6 Å². The number of carbonyl (C=O) groups excluding carboxylic acids is 6. The van der Waals surface area contributed by atoms with Crippen LogP contribution in [-0.4, -0.2) is 76.1 Å². The fourth-order valence-electron chi connectivity index (χ4n) is 2.37. The van der Waals surface area contributed by atoms with Gasteiger partial charge in [0, 0.05) is 51.9 Å². The van der Waals surface area contributed by atoms with E-state index in [-0.39, 0.29) is 74.0 Å². The zero-order chi connectivity index (χ0) is 21.8. The normalized spacial score (nSPS) is 13.2. The van der Waals surface area contributed by atoms with E-state index in [1.54, 1.807) is 6.92 Å². The Bertz CT molecular complexity index is 618. The molecule has 5 amide bonds. The standard InChI is InChI=1S/C17H25IN4O7/c1-2-12(23)19-7-9-21(10-8-20-13(24)11-18)14(25)5-6-17(28)29-22-15(26)3-4-16(22)27/h2-11H2,1H3,(H,19,23)(H,20,24). The average Bonchev–Trinajstić information content (AvgIpc) is 3.02. The maximum atomic E-state index is 12.4. The molecule has 1 saturated heterocycles. The minimum Gasteiger partial charge on any atom is -0.354 e. The number of alkyl halides is 1. The first-order valence-electron chi connectivity index (χ1n) is 9.22. The lowest BCUT2D eigenvalue weighted by Gasteiger charge is -2.23. The summed E-state index contributed by atoms with van der Waals surface area (Å²) in [5.41, 5.74) is 0. The molecule has 0 saturated carbocycles. The third-order valence-corrected chi connectivity index (χ3v) is 4.64. The summed E-state index contributed by atoms with van der Waals surface area (Å²) in [5, 5.41) is 5.74. The van der Waals surface area contributed by atoms with Crippen molar-refractivity contribution in [3.63, 3.8) is 0 Å². The third kappa shape index (κ3) is 9.19. The summed E-state index contributed by atoms with van der Waals surface area (Å²) in [6.45, 7) is 2.60. The molecule has 162 valence electrons. The van der Waals surface area contributed by atoms with Crippen molar-refractivity contribution in [2.45, 2.75) is 39.0 Å². The van der Waals surface area contributed by atoms with E-state index in [4.69, 9.17) is 4.84 Å². The molecule has 0 radical (unpaired) electrons. The molecule has 1 aliphatic rings. The molecule has 0 atom stereocenters. The average molecular weight is 524 g/mol. The molecule has 1 aliphatic heterocycles. The molecule has 0 aliphatic carbocycles. The fourth-order valence-corrected chi connectivity index (χ4v) is 2.64. The number of carbonyl (C=O) groups is 6. The highest BCUT2D eigenvalue weighted by atomic mass is 127. The van der Waals surface area contributed by atoms with Gasteiger partial charge in [0.25, 0.3) is 11.8 Å². The molecule has 0 bridgehead atoms. The van der Waals surface area contributed by atoms with E-state index in [0.29, 0.717) is 11.5 Å². The second-order valence-electron chi connectivity index (χ2n) is 6.11. The number of amides is 5. The molecule has 0 unspecified atom stereocenters. The van der Waals surface area contributed by atoms with E-state index < -0.39 is 17.8 Å². The topological polar surface area (TPSA) is 142 Å². The number of imide groups is 1. The highest BCUT2D eigenvalue weighted by Gasteiger charge is 2.32. The van der Waals surface area contributed by atoms with Gasteiger partial charge in [-0.05, 0) is 0 Å². The summed E-state index contributed by atoms with van der Waals surface area (Å²) in [7, 11) is 0. The van der Waals surface area contributed by atoms with Gasteiger partial charge < -0.3 is 20.4 Å². The zero-order valence-electron chi connectivity index (χ0n) is 16.2.